The summed E-state index contributed by atoms with van der Waals surface area (Å²) in [6, 6.07) is 0. The number of nitrogens with zero attached hydrogens (tertiary/aromatic N) is 4. The van der Waals surface area contributed by atoms with Gasteiger partial charge in [-0.25, -0.2) is 9.59 Å². The summed E-state index contributed by atoms with van der Waals surface area (Å²) in [6.45, 7) is 17.1. The standard InChI is InChI=1S/C21H34N6O4/c1-9-11-15(2)16-14-27(26-25-16)13-10-12-22-17(23-18(28)30-20(3,4)5)24-19(29)31-21(6,7)8/h9,11,14H,2,10,12-13H2,1,3-8H3,(H2,22,23,24,28,29)/b11-9-. The molecule has 1 aromatic heterocycles. The van der Waals surface area contributed by atoms with Crippen molar-refractivity contribution in [3.05, 3.63) is 30.6 Å². The van der Waals surface area contributed by atoms with E-state index in [1.165, 1.54) is 0 Å². The van der Waals surface area contributed by atoms with Crippen LogP contribution in [0.2, 0.25) is 0 Å². The van der Waals surface area contributed by atoms with Gasteiger partial charge in [0.2, 0.25) is 5.96 Å². The molecule has 172 valence electrons. The van der Waals surface area contributed by atoms with E-state index in [9.17, 15) is 9.59 Å². The first-order valence-corrected chi connectivity index (χ1v) is 10.1. The van der Waals surface area contributed by atoms with Crippen molar-refractivity contribution in [2.24, 2.45) is 4.99 Å². The van der Waals surface area contributed by atoms with E-state index in [2.05, 4.69) is 32.5 Å². The number of aliphatic imine (C=N–C) groups is 1. The summed E-state index contributed by atoms with van der Waals surface area (Å²) in [7, 11) is 0. The van der Waals surface area contributed by atoms with E-state index in [1.54, 1.807) is 52.4 Å². The van der Waals surface area contributed by atoms with Crippen LogP contribution in [-0.2, 0) is 16.0 Å². The molecule has 2 amide bonds. The highest BCUT2D eigenvalue weighted by molar-refractivity contribution is 6.01. The van der Waals surface area contributed by atoms with Gasteiger partial charge in [-0.1, -0.05) is 23.9 Å². The van der Waals surface area contributed by atoms with E-state index in [0.717, 1.165) is 5.57 Å². The maximum atomic E-state index is 12.1. The van der Waals surface area contributed by atoms with Crippen molar-refractivity contribution in [2.45, 2.75) is 72.6 Å². The number of aromatic nitrogens is 3. The largest absolute Gasteiger partial charge is 0.444 e. The maximum absolute atomic E-state index is 12.1. The Hall–Kier alpha value is -3.17. The highest BCUT2D eigenvalue weighted by Crippen LogP contribution is 2.10. The van der Waals surface area contributed by atoms with Gasteiger partial charge in [0.15, 0.2) is 0 Å². The minimum atomic E-state index is -0.731. The molecule has 0 atom stereocenters. The average Bonchev–Trinajstić information content (AvgIpc) is 3.04. The molecular formula is C21H34N6O4. The van der Waals surface area contributed by atoms with Crippen LogP contribution in [0.25, 0.3) is 5.57 Å². The number of rotatable bonds is 6. The lowest BCUT2D eigenvalue weighted by Gasteiger charge is -2.22. The smallest absolute Gasteiger partial charge is 0.414 e. The Morgan fingerprint density at radius 2 is 1.68 bits per heavy atom. The number of ether oxygens (including phenoxy) is 2. The number of nitrogens with one attached hydrogen (secondary N) is 2. The van der Waals surface area contributed by atoms with E-state index in [0.29, 0.717) is 25.2 Å². The number of carbonyl (C=O) groups is 2. The Balaban J connectivity index is 2.72. The van der Waals surface area contributed by atoms with Gasteiger partial charge in [-0.15, -0.1) is 5.10 Å². The molecule has 1 aromatic rings. The van der Waals surface area contributed by atoms with Gasteiger partial charge in [-0.05, 0) is 60.5 Å². The average molecular weight is 435 g/mol. The number of aryl methyl sites for hydroxylation is 1. The molecule has 0 aliphatic heterocycles. The van der Waals surface area contributed by atoms with Crippen molar-refractivity contribution in [2.75, 3.05) is 6.54 Å². The van der Waals surface area contributed by atoms with E-state index in [4.69, 9.17) is 9.47 Å². The van der Waals surface area contributed by atoms with Crippen LogP contribution in [-0.4, -0.2) is 50.9 Å². The topological polar surface area (TPSA) is 120 Å². The molecule has 31 heavy (non-hydrogen) atoms. The first-order chi connectivity index (χ1) is 14.3. The van der Waals surface area contributed by atoms with Gasteiger partial charge in [-0.3, -0.25) is 20.3 Å². The summed E-state index contributed by atoms with van der Waals surface area (Å²) in [4.78, 5) is 28.4. The zero-order valence-electron chi connectivity index (χ0n) is 19.5. The normalized spacial score (nSPS) is 11.7. The van der Waals surface area contributed by atoms with Crippen molar-refractivity contribution in [1.29, 1.82) is 0 Å². The lowest BCUT2D eigenvalue weighted by Crippen LogP contribution is -2.47. The number of allylic oxidation sites excluding steroid dienone is 3. The predicted molar refractivity (Wildman–Crippen MR) is 120 cm³/mol. The van der Waals surface area contributed by atoms with E-state index in [-0.39, 0.29) is 5.96 Å². The number of guanidine groups is 1. The quantitative estimate of drug-likeness (QED) is 0.305. The number of hydrogen-bond donors (Lipinski definition) is 2. The second kappa shape index (κ2) is 11.3. The van der Waals surface area contributed by atoms with Crippen LogP contribution in [0.15, 0.2) is 29.9 Å². The number of alkyl carbamates (subject to hydrolysis) is 2. The highest BCUT2D eigenvalue weighted by atomic mass is 16.6. The summed E-state index contributed by atoms with van der Waals surface area (Å²) in [5.41, 5.74) is 0.0869. The van der Waals surface area contributed by atoms with E-state index < -0.39 is 23.4 Å². The summed E-state index contributed by atoms with van der Waals surface area (Å²) in [5.74, 6) is -0.0516. The minimum absolute atomic E-state index is 0.0516. The Labute approximate surface area is 183 Å². The van der Waals surface area contributed by atoms with Crippen molar-refractivity contribution in [3.8, 4) is 0 Å². The first-order valence-electron chi connectivity index (χ1n) is 10.1. The van der Waals surface area contributed by atoms with Crippen LogP contribution < -0.4 is 10.6 Å². The van der Waals surface area contributed by atoms with Gasteiger partial charge in [0.05, 0.1) is 6.20 Å². The Kier molecular flexibility index (Phi) is 9.41. The second-order valence-electron chi connectivity index (χ2n) is 8.73. The van der Waals surface area contributed by atoms with Crippen LogP contribution in [0.5, 0.6) is 0 Å². The molecule has 0 unspecified atom stereocenters. The van der Waals surface area contributed by atoms with Gasteiger partial charge in [0.1, 0.15) is 16.9 Å². The third-order valence-corrected chi connectivity index (χ3v) is 3.29. The van der Waals surface area contributed by atoms with Gasteiger partial charge in [-0.2, -0.15) is 0 Å². The van der Waals surface area contributed by atoms with Crippen molar-refractivity contribution in [1.82, 2.24) is 25.6 Å². The fraction of sp³-hybridized carbons (Fsp3) is 0.571. The van der Waals surface area contributed by atoms with Crippen LogP contribution in [0.3, 0.4) is 0 Å². The Bertz CT molecular complexity index is 796. The van der Waals surface area contributed by atoms with Gasteiger partial charge < -0.3 is 9.47 Å². The molecule has 10 nitrogen and oxygen atoms in total. The lowest BCUT2D eigenvalue weighted by molar-refractivity contribution is 0.0545. The highest BCUT2D eigenvalue weighted by Gasteiger charge is 2.21. The maximum Gasteiger partial charge on any atom is 0.414 e. The summed E-state index contributed by atoms with van der Waals surface area (Å²) in [6.07, 6.45) is 4.67. The Morgan fingerprint density at radius 1 is 1.13 bits per heavy atom. The zero-order chi connectivity index (χ0) is 23.7. The van der Waals surface area contributed by atoms with Crippen LogP contribution in [0.1, 0.15) is 60.6 Å². The fourth-order valence-corrected chi connectivity index (χ4v) is 2.18. The number of carbonyl (C=O) groups excluding carboxylic acids is 2. The summed E-state index contributed by atoms with van der Waals surface area (Å²) in [5, 5.41) is 13.0. The fourth-order valence-electron chi connectivity index (χ4n) is 2.18. The van der Waals surface area contributed by atoms with E-state index >= 15 is 0 Å². The van der Waals surface area contributed by atoms with Gasteiger partial charge >= 0.3 is 12.2 Å². The molecule has 0 fully saturated rings. The third-order valence-electron chi connectivity index (χ3n) is 3.29. The minimum Gasteiger partial charge on any atom is -0.444 e. The Morgan fingerprint density at radius 3 is 2.16 bits per heavy atom. The van der Waals surface area contributed by atoms with Crippen LogP contribution in [0, 0.1) is 0 Å². The molecule has 0 saturated carbocycles. The van der Waals surface area contributed by atoms with Crippen LogP contribution >= 0.6 is 0 Å². The number of hydrogen-bond acceptors (Lipinski definition) is 7. The van der Waals surface area contributed by atoms with Crippen LogP contribution in [0.4, 0.5) is 9.59 Å². The zero-order valence-corrected chi connectivity index (χ0v) is 19.5. The molecule has 10 heteroatoms. The van der Waals surface area contributed by atoms with Gasteiger partial charge in [0, 0.05) is 13.1 Å². The van der Waals surface area contributed by atoms with Crippen molar-refractivity contribution < 1.29 is 19.1 Å². The third kappa shape index (κ3) is 11.6. The molecule has 0 aliphatic rings. The number of amides is 2. The monoisotopic (exact) mass is 434 g/mol. The molecule has 0 aromatic carbocycles. The molecule has 0 spiro atoms. The summed E-state index contributed by atoms with van der Waals surface area (Å²) >= 11 is 0. The molecule has 0 saturated heterocycles. The SMILES string of the molecule is C=C(/C=C\C)c1cn(CCCN=C(NC(=O)OC(C)(C)C)NC(=O)OC(C)(C)C)nn1. The summed E-state index contributed by atoms with van der Waals surface area (Å²) < 4.78 is 12.1. The molecular weight excluding hydrogens is 400 g/mol. The molecule has 0 bridgehead atoms. The molecule has 2 N–H and O–H groups in total. The predicted octanol–water partition coefficient (Wildman–Crippen LogP) is 3.66. The lowest BCUT2D eigenvalue weighted by atomic mass is 10.2. The molecule has 0 aliphatic carbocycles. The van der Waals surface area contributed by atoms with Crippen molar-refractivity contribution >= 4 is 23.7 Å². The molecule has 0 radical (unpaired) electrons. The van der Waals surface area contributed by atoms with E-state index in [1.807, 2.05) is 19.1 Å². The molecule has 1 heterocycles. The van der Waals surface area contributed by atoms with Gasteiger partial charge in [0.25, 0.3) is 0 Å². The molecule has 1 rings (SSSR count). The van der Waals surface area contributed by atoms with Crippen molar-refractivity contribution in [3.63, 3.8) is 0 Å². The first kappa shape index (κ1) is 25.9. The second-order valence-corrected chi connectivity index (χ2v) is 8.73.